The lowest BCUT2D eigenvalue weighted by molar-refractivity contribution is 0.0235. The van der Waals surface area contributed by atoms with Crippen molar-refractivity contribution >= 4 is 16.8 Å². The molecule has 1 aliphatic rings. The predicted octanol–water partition coefficient (Wildman–Crippen LogP) is 2.88. The molecule has 4 rings (SSSR count). The van der Waals surface area contributed by atoms with Crippen molar-refractivity contribution in [2.24, 2.45) is 5.92 Å². The van der Waals surface area contributed by atoms with Crippen molar-refractivity contribution in [2.75, 3.05) is 7.11 Å². The molecule has 0 spiro atoms. The van der Waals surface area contributed by atoms with E-state index in [0.29, 0.717) is 24.3 Å². The number of pyridine rings is 2. The number of aliphatic hydroxyl groups excluding tert-OH is 1. The Morgan fingerprint density at radius 3 is 2.70 bits per heavy atom. The first-order valence-corrected chi connectivity index (χ1v) is 8.98. The molecule has 0 radical (unpaired) electrons. The number of nitrogens with one attached hydrogen (secondary N) is 1. The monoisotopic (exact) mass is 363 g/mol. The van der Waals surface area contributed by atoms with Gasteiger partial charge in [-0.05, 0) is 36.5 Å². The standard InChI is InChI=1S/C21H21N3O3/c1-27-19-7-6-13(12-23-19)20(14-10-15(25)11-14)24-21(26)17-8-9-22-18-5-3-2-4-16(17)18/h2-9,12,14-15,20,25H,10-11H2,1H3,(H,24,26)/t14?,15?,20-/m1/s1. The van der Waals surface area contributed by atoms with E-state index in [4.69, 9.17) is 4.74 Å². The Labute approximate surface area is 157 Å². The van der Waals surface area contributed by atoms with Crippen molar-refractivity contribution in [1.29, 1.82) is 0 Å². The summed E-state index contributed by atoms with van der Waals surface area (Å²) in [6, 6.07) is 12.8. The summed E-state index contributed by atoms with van der Waals surface area (Å²) < 4.78 is 5.12. The highest BCUT2D eigenvalue weighted by molar-refractivity contribution is 6.06. The first kappa shape index (κ1) is 17.4. The number of hydrogen-bond donors (Lipinski definition) is 2. The van der Waals surface area contributed by atoms with Crippen LogP contribution in [0.25, 0.3) is 10.9 Å². The summed E-state index contributed by atoms with van der Waals surface area (Å²) in [6.45, 7) is 0. The Kier molecular flexibility index (Phi) is 4.73. The fourth-order valence-corrected chi connectivity index (χ4v) is 3.58. The highest BCUT2D eigenvalue weighted by Crippen LogP contribution is 2.38. The topological polar surface area (TPSA) is 84.3 Å². The SMILES string of the molecule is COc1ccc([C@@H](NC(=O)c2ccnc3ccccc23)C2CC(O)C2)cn1. The smallest absolute Gasteiger partial charge is 0.252 e. The molecule has 2 aromatic heterocycles. The maximum absolute atomic E-state index is 13.0. The van der Waals surface area contributed by atoms with E-state index in [1.165, 1.54) is 0 Å². The van der Waals surface area contributed by atoms with Crippen molar-refractivity contribution in [3.63, 3.8) is 0 Å². The molecule has 2 N–H and O–H groups in total. The number of hydrogen-bond acceptors (Lipinski definition) is 5. The van der Waals surface area contributed by atoms with Gasteiger partial charge in [0.1, 0.15) is 0 Å². The van der Waals surface area contributed by atoms with Crippen molar-refractivity contribution in [3.05, 3.63) is 66.0 Å². The van der Waals surface area contributed by atoms with Gasteiger partial charge in [-0.3, -0.25) is 9.78 Å². The van der Waals surface area contributed by atoms with Crippen LogP contribution in [0.15, 0.2) is 54.9 Å². The second-order valence-electron chi connectivity index (χ2n) is 6.85. The molecule has 1 fully saturated rings. The molecule has 2 heterocycles. The second-order valence-corrected chi connectivity index (χ2v) is 6.85. The molecule has 0 unspecified atom stereocenters. The van der Waals surface area contributed by atoms with Crippen LogP contribution in [0.2, 0.25) is 0 Å². The van der Waals surface area contributed by atoms with E-state index in [2.05, 4.69) is 15.3 Å². The molecule has 0 bridgehead atoms. The fourth-order valence-electron chi connectivity index (χ4n) is 3.58. The van der Waals surface area contributed by atoms with E-state index >= 15 is 0 Å². The number of fused-ring (bicyclic) bond motifs is 1. The third-order valence-corrected chi connectivity index (χ3v) is 5.13. The summed E-state index contributed by atoms with van der Waals surface area (Å²) >= 11 is 0. The summed E-state index contributed by atoms with van der Waals surface area (Å²) in [4.78, 5) is 21.6. The van der Waals surface area contributed by atoms with Crippen LogP contribution in [0.3, 0.4) is 0 Å². The molecule has 1 aromatic carbocycles. The number of aromatic nitrogens is 2. The van der Waals surface area contributed by atoms with Gasteiger partial charge in [0.15, 0.2) is 0 Å². The maximum atomic E-state index is 13.0. The van der Waals surface area contributed by atoms with Crippen molar-refractivity contribution in [2.45, 2.75) is 25.0 Å². The summed E-state index contributed by atoms with van der Waals surface area (Å²) in [7, 11) is 1.57. The fraction of sp³-hybridized carbons (Fsp3) is 0.286. The number of amides is 1. The minimum atomic E-state index is -0.303. The molecule has 6 nitrogen and oxygen atoms in total. The first-order valence-electron chi connectivity index (χ1n) is 8.98. The number of methoxy groups -OCH3 is 1. The molecule has 1 saturated carbocycles. The number of nitrogens with zero attached hydrogens (tertiary/aromatic N) is 2. The van der Waals surface area contributed by atoms with Gasteiger partial charge in [0.25, 0.3) is 5.91 Å². The lowest BCUT2D eigenvalue weighted by Gasteiger charge is -2.38. The molecular weight excluding hydrogens is 342 g/mol. The highest BCUT2D eigenvalue weighted by atomic mass is 16.5. The Balaban J connectivity index is 1.63. The van der Waals surface area contributed by atoms with Gasteiger partial charge < -0.3 is 15.2 Å². The third kappa shape index (κ3) is 3.48. The average Bonchev–Trinajstić information content (AvgIpc) is 2.69. The highest BCUT2D eigenvalue weighted by Gasteiger charge is 2.36. The lowest BCUT2D eigenvalue weighted by atomic mass is 9.75. The number of carbonyl (C=O) groups excluding carboxylic acids is 1. The van der Waals surface area contributed by atoms with Gasteiger partial charge >= 0.3 is 0 Å². The predicted molar refractivity (Wildman–Crippen MR) is 101 cm³/mol. The van der Waals surface area contributed by atoms with E-state index in [1.807, 2.05) is 30.3 Å². The molecule has 0 aliphatic heterocycles. The van der Waals surface area contributed by atoms with Gasteiger partial charge in [-0.15, -0.1) is 0 Å². The normalized spacial score (nSPS) is 19.9. The lowest BCUT2D eigenvalue weighted by Crippen LogP contribution is -2.41. The number of para-hydroxylation sites is 1. The van der Waals surface area contributed by atoms with Crippen LogP contribution in [0, 0.1) is 5.92 Å². The van der Waals surface area contributed by atoms with Crippen LogP contribution >= 0.6 is 0 Å². The Bertz CT molecular complexity index is 947. The number of carbonyl (C=O) groups is 1. The summed E-state index contributed by atoms with van der Waals surface area (Å²) in [5.41, 5.74) is 2.28. The van der Waals surface area contributed by atoms with E-state index in [-0.39, 0.29) is 24.0 Å². The Morgan fingerprint density at radius 1 is 1.19 bits per heavy atom. The van der Waals surface area contributed by atoms with E-state index in [0.717, 1.165) is 16.5 Å². The molecule has 0 saturated heterocycles. The zero-order chi connectivity index (χ0) is 18.8. The number of aliphatic hydroxyl groups is 1. The first-order chi connectivity index (χ1) is 13.2. The van der Waals surface area contributed by atoms with Crippen LogP contribution in [0.4, 0.5) is 0 Å². The molecule has 1 atom stereocenters. The van der Waals surface area contributed by atoms with Crippen LogP contribution in [0.1, 0.15) is 34.8 Å². The number of ether oxygens (including phenoxy) is 1. The van der Waals surface area contributed by atoms with Crippen molar-refractivity contribution in [3.8, 4) is 5.88 Å². The Hall–Kier alpha value is -2.99. The van der Waals surface area contributed by atoms with Gasteiger partial charge in [0.05, 0.1) is 30.3 Å². The maximum Gasteiger partial charge on any atom is 0.252 e. The largest absolute Gasteiger partial charge is 0.481 e. The summed E-state index contributed by atoms with van der Waals surface area (Å²) in [5.74, 6) is 0.542. The Morgan fingerprint density at radius 2 is 2.00 bits per heavy atom. The van der Waals surface area contributed by atoms with Gasteiger partial charge in [-0.25, -0.2) is 4.98 Å². The van der Waals surface area contributed by atoms with Crippen LogP contribution in [-0.2, 0) is 0 Å². The molecule has 3 aromatic rings. The zero-order valence-electron chi connectivity index (χ0n) is 15.0. The average molecular weight is 363 g/mol. The van der Waals surface area contributed by atoms with E-state index in [9.17, 15) is 9.90 Å². The number of rotatable bonds is 5. The zero-order valence-corrected chi connectivity index (χ0v) is 15.0. The van der Waals surface area contributed by atoms with Crippen molar-refractivity contribution < 1.29 is 14.6 Å². The van der Waals surface area contributed by atoms with Crippen LogP contribution < -0.4 is 10.1 Å². The molecule has 138 valence electrons. The molecule has 6 heteroatoms. The van der Waals surface area contributed by atoms with E-state index < -0.39 is 0 Å². The quantitative estimate of drug-likeness (QED) is 0.728. The van der Waals surface area contributed by atoms with E-state index in [1.54, 1.807) is 31.6 Å². The summed E-state index contributed by atoms with van der Waals surface area (Å²) in [5, 5.41) is 13.7. The number of benzene rings is 1. The summed E-state index contributed by atoms with van der Waals surface area (Å²) in [6.07, 6.45) is 4.39. The van der Waals surface area contributed by atoms with Crippen LogP contribution in [0.5, 0.6) is 5.88 Å². The molecular formula is C21H21N3O3. The molecule has 1 amide bonds. The third-order valence-electron chi connectivity index (χ3n) is 5.13. The van der Waals surface area contributed by atoms with Gasteiger partial charge in [-0.2, -0.15) is 0 Å². The van der Waals surface area contributed by atoms with Gasteiger partial charge in [-0.1, -0.05) is 24.3 Å². The molecule has 1 aliphatic carbocycles. The minimum Gasteiger partial charge on any atom is -0.481 e. The van der Waals surface area contributed by atoms with Gasteiger partial charge in [0.2, 0.25) is 5.88 Å². The minimum absolute atomic E-state index is 0.157. The molecule has 27 heavy (non-hydrogen) atoms. The second kappa shape index (κ2) is 7.32. The van der Waals surface area contributed by atoms with Crippen LogP contribution in [-0.4, -0.2) is 34.2 Å². The van der Waals surface area contributed by atoms with Crippen molar-refractivity contribution in [1.82, 2.24) is 15.3 Å². The van der Waals surface area contributed by atoms with Gasteiger partial charge in [0, 0.05) is 23.8 Å².